The maximum atomic E-state index is 13.0. The minimum Gasteiger partial charge on any atom is -0.455 e. The first-order valence-corrected chi connectivity index (χ1v) is 10.8. The van der Waals surface area contributed by atoms with Gasteiger partial charge in [0.15, 0.2) is 6.61 Å². The summed E-state index contributed by atoms with van der Waals surface area (Å²) in [6.07, 6.45) is 5.67. The van der Waals surface area contributed by atoms with Crippen molar-refractivity contribution in [1.29, 1.82) is 0 Å². The highest BCUT2D eigenvalue weighted by Crippen LogP contribution is 2.64. The van der Waals surface area contributed by atoms with Gasteiger partial charge in [0.2, 0.25) is 0 Å². The third kappa shape index (κ3) is 3.56. The Labute approximate surface area is 172 Å². The van der Waals surface area contributed by atoms with Crippen LogP contribution in [0.1, 0.15) is 69.4 Å². The maximum Gasteiger partial charge on any atom is 0.312 e. The number of ether oxygens (including phenoxy) is 1. The minimum absolute atomic E-state index is 0.226. The molecular weight excluding hydrogens is 374 g/mol. The number of anilines is 1. The summed E-state index contributed by atoms with van der Waals surface area (Å²) in [6, 6.07) is 5.99. The van der Waals surface area contributed by atoms with Crippen LogP contribution in [0.25, 0.3) is 0 Å². The summed E-state index contributed by atoms with van der Waals surface area (Å²) in [4.78, 5) is 25.3. The standard InChI is InChI=1S/C23H30ClNO3/c1-14(2)18-6-4-5-15(3)20(18)25-19(26)12-28-21(27)22-8-16-7-17(9-22)11-23(24,10-16)13-22/h4-6,14,16-17H,7-13H2,1-3H3,(H,25,26)/t16-,17+,22?,23?. The van der Waals surface area contributed by atoms with Gasteiger partial charge in [-0.25, -0.2) is 0 Å². The molecule has 0 radical (unpaired) electrons. The number of hydrogen-bond donors (Lipinski definition) is 1. The molecule has 1 aromatic rings. The topological polar surface area (TPSA) is 55.4 Å². The predicted octanol–water partition coefficient (Wildman–Crippen LogP) is 5.18. The number of esters is 1. The molecule has 28 heavy (non-hydrogen) atoms. The van der Waals surface area contributed by atoms with E-state index in [1.54, 1.807) is 0 Å². The van der Waals surface area contributed by atoms with Crippen LogP contribution in [0, 0.1) is 24.2 Å². The molecular formula is C23H30ClNO3. The lowest BCUT2D eigenvalue weighted by Crippen LogP contribution is -2.56. The van der Waals surface area contributed by atoms with Crippen LogP contribution >= 0.6 is 11.6 Å². The predicted molar refractivity (Wildman–Crippen MR) is 111 cm³/mol. The number of carbonyl (C=O) groups excluding carboxylic acids is 2. The molecule has 0 aliphatic heterocycles. The van der Waals surface area contributed by atoms with Gasteiger partial charge < -0.3 is 10.1 Å². The lowest BCUT2D eigenvalue weighted by Gasteiger charge is -2.58. The number of carbonyl (C=O) groups is 2. The largest absolute Gasteiger partial charge is 0.455 e. The van der Waals surface area contributed by atoms with Crippen LogP contribution in [0.4, 0.5) is 5.69 Å². The van der Waals surface area contributed by atoms with Crippen LogP contribution in [0.2, 0.25) is 0 Å². The molecule has 1 N–H and O–H groups in total. The molecule has 4 nitrogen and oxygen atoms in total. The molecule has 0 heterocycles. The first-order valence-electron chi connectivity index (χ1n) is 10.5. The van der Waals surface area contributed by atoms with Gasteiger partial charge in [-0.15, -0.1) is 11.6 Å². The van der Waals surface area contributed by atoms with Crippen LogP contribution in [0.15, 0.2) is 18.2 Å². The molecule has 0 saturated heterocycles. The van der Waals surface area contributed by atoms with E-state index < -0.39 is 5.41 Å². The SMILES string of the molecule is Cc1cccc(C(C)C)c1NC(=O)COC(=O)C12C[C@@H]3C[C@@H](CC(Cl)(C3)C1)C2. The quantitative estimate of drug-likeness (QED) is 0.544. The Bertz CT molecular complexity index is 789. The smallest absolute Gasteiger partial charge is 0.312 e. The van der Waals surface area contributed by atoms with E-state index in [4.69, 9.17) is 16.3 Å². The number of rotatable bonds is 5. The fourth-order valence-corrected chi connectivity index (χ4v) is 6.88. The molecule has 4 atom stereocenters. The second kappa shape index (κ2) is 7.05. The lowest BCUT2D eigenvalue weighted by molar-refractivity contribution is -0.171. The van der Waals surface area contributed by atoms with Crippen molar-refractivity contribution in [3.8, 4) is 0 Å². The van der Waals surface area contributed by atoms with Gasteiger partial charge in [-0.2, -0.15) is 0 Å². The van der Waals surface area contributed by atoms with Crippen molar-refractivity contribution in [1.82, 2.24) is 0 Å². The molecule has 2 unspecified atom stereocenters. The molecule has 4 saturated carbocycles. The molecule has 4 aliphatic carbocycles. The highest BCUT2D eigenvalue weighted by atomic mass is 35.5. The van der Waals surface area contributed by atoms with Crippen molar-refractivity contribution in [2.24, 2.45) is 17.3 Å². The monoisotopic (exact) mass is 403 g/mol. The number of halogens is 1. The summed E-state index contributed by atoms with van der Waals surface area (Å²) in [7, 11) is 0. The number of alkyl halides is 1. The van der Waals surface area contributed by atoms with Crippen molar-refractivity contribution in [2.45, 2.75) is 70.1 Å². The summed E-state index contributed by atoms with van der Waals surface area (Å²) < 4.78 is 5.54. The summed E-state index contributed by atoms with van der Waals surface area (Å²) >= 11 is 6.81. The zero-order valence-electron chi connectivity index (χ0n) is 17.0. The zero-order chi connectivity index (χ0) is 20.1. The second-order valence-electron chi connectivity index (χ2n) is 9.71. The van der Waals surface area contributed by atoms with Gasteiger partial charge in [-0.3, -0.25) is 9.59 Å². The Kier molecular flexibility index (Phi) is 4.97. The highest BCUT2D eigenvalue weighted by molar-refractivity contribution is 6.24. The molecule has 152 valence electrons. The molecule has 5 heteroatoms. The van der Waals surface area contributed by atoms with Crippen LogP contribution in [-0.4, -0.2) is 23.4 Å². The summed E-state index contributed by atoms with van der Waals surface area (Å²) in [5.41, 5.74) is 2.45. The first kappa shape index (κ1) is 19.8. The summed E-state index contributed by atoms with van der Waals surface area (Å²) in [5.74, 6) is 0.844. The molecule has 4 aliphatic rings. The van der Waals surface area contributed by atoms with E-state index in [2.05, 4.69) is 19.2 Å². The number of nitrogens with one attached hydrogen (secondary N) is 1. The van der Waals surface area contributed by atoms with Gasteiger partial charge in [-0.1, -0.05) is 32.0 Å². The van der Waals surface area contributed by atoms with E-state index >= 15 is 0 Å². The van der Waals surface area contributed by atoms with Crippen LogP contribution in [-0.2, 0) is 14.3 Å². The second-order valence-corrected chi connectivity index (χ2v) is 10.5. The third-order valence-electron chi connectivity index (χ3n) is 6.95. The highest BCUT2D eigenvalue weighted by Gasteiger charge is 2.60. The van der Waals surface area contributed by atoms with E-state index in [1.807, 2.05) is 25.1 Å². The average Bonchev–Trinajstić information content (AvgIpc) is 2.59. The molecule has 5 rings (SSSR count). The minimum atomic E-state index is -0.474. The number of amides is 1. The number of benzene rings is 1. The summed E-state index contributed by atoms with van der Waals surface area (Å²) in [6.45, 7) is 5.93. The molecule has 4 bridgehead atoms. The Balaban J connectivity index is 1.40. The van der Waals surface area contributed by atoms with Gasteiger partial charge >= 0.3 is 5.97 Å². The van der Waals surface area contributed by atoms with Gasteiger partial charge in [0.05, 0.1) is 5.41 Å². The van der Waals surface area contributed by atoms with E-state index in [0.29, 0.717) is 24.2 Å². The zero-order valence-corrected chi connectivity index (χ0v) is 17.8. The normalized spacial score (nSPS) is 33.2. The van der Waals surface area contributed by atoms with Crippen LogP contribution in [0.5, 0.6) is 0 Å². The third-order valence-corrected chi connectivity index (χ3v) is 7.39. The average molecular weight is 404 g/mol. The van der Waals surface area contributed by atoms with Crippen molar-refractivity contribution in [2.75, 3.05) is 11.9 Å². The van der Waals surface area contributed by atoms with E-state index in [-0.39, 0.29) is 23.4 Å². The molecule has 1 amide bonds. The summed E-state index contributed by atoms with van der Waals surface area (Å²) in [5, 5.41) is 2.95. The van der Waals surface area contributed by atoms with E-state index in [9.17, 15) is 9.59 Å². The number of aryl methyl sites for hydroxylation is 1. The molecule has 0 aromatic heterocycles. The van der Waals surface area contributed by atoms with Crippen molar-refractivity contribution >= 4 is 29.2 Å². The van der Waals surface area contributed by atoms with Gasteiger partial charge in [0, 0.05) is 10.6 Å². The fraction of sp³-hybridized carbons (Fsp3) is 0.652. The number of hydrogen-bond acceptors (Lipinski definition) is 3. The molecule has 4 fully saturated rings. The number of para-hydroxylation sites is 1. The van der Waals surface area contributed by atoms with E-state index in [0.717, 1.165) is 42.5 Å². The van der Waals surface area contributed by atoms with Gasteiger partial charge in [0.1, 0.15) is 0 Å². The van der Waals surface area contributed by atoms with Gasteiger partial charge in [-0.05, 0) is 74.3 Å². The Hall–Kier alpha value is -1.55. The van der Waals surface area contributed by atoms with Crippen molar-refractivity contribution in [3.63, 3.8) is 0 Å². The van der Waals surface area contributed by atoms with Crippen molar-refractivity contribution in [3.05, 3.63) is 29.3 Å². The Morgan fingerprint density at radius 1 is 1.21 bits per heavy atom. The first-order chi connectivity index (χ1) is 13.2. The van der Waals surface area contributed by atoms with Crippen molar-refractivity contribution < 1.29 is 14.3 Å². The van der Waals surface area contributed by atoms with E-state index in [1.165, 1.54) is 6.42 Å². The van der Waals surface area contributed by atoms with Crippen LogP contribution in [0.3, 0.4) is 0 Å². The maximum absolute atomic E-state index is 13.0. The Morgan fingerprint density at radius 3 is 2.50 bits per heavy atom. The van der Waals surface area contributed by atoms with Crippen LogP contribution < -0.4 is 5.32 Å². The van der Waals surface area contributed by atoms with Gasteiger partial charge in [0.25, 0.3) is 5.91 Å². The molecule has 0 spiro atoms. The fourth-order valence-electron chi connectivity index (χ4n) is 6.19. The Morgan fingerprint density at radius 2 is 1.89 bits per heavy atom. The lowest BCUT2D eigenvalue weighted by atomic mass is 9.49. The molecule has 1 aromatic carbocycles.